The molecule has 3 heterocycles. The van der Waals surface area contributed by atoms with Gasteiger partial charge in [-0.25, -0.2) is 19.3 Å². The molecule has 4 aromatic rings. The summed E-state index contributed by atoms with van der Waals surface area (Å²) in [4.78, 5) is 8.26. The highest BCUT2D eigenvalue weighted by atomic mass is 15.4. The van der Waals surface area contributed by atoms with Crippen molar-refractivity contribution < 1.29 is 0 Å². The lowest BCUT2D eigenvalue weighted by Crippen LogP contribution is -1.99. The van der Waals surface area contributed by atoms with Crippen LogP contribution in [0.3, 0.4) is 0 Å². The number of rotatable bonds is 3. The Hall–Kier alpha value is -3.29. The zero-order valence-corrected chi connectivity index (χ0v) is 12.5. The molecule has 23 heavy (non-hydrogen) atoms. The molecule has 2 N–H and O–H groups in total. The third-order valence-electron chi connectivity index (χ3n) is 3.62. The molecule has 0 aliphatic heterocycles. The van der Waals surface area contributed by atoms with Gasteiger partial charge in [-0.15, -0.1) is 5.10 Å². The van der Waals surface area contributed by atoms with Crippen molar-refractivity contribution in [3.63, 3.8) is 0 Å². The Morgan fingerprint density at radius 2 is 1.96 bits per heavy atom. The molecule has 0 radical (unpaired) electrons. The summed E-state index contributed by atoms with van der Waals surface area (Å²) in [6, 6.07) is 10.1. The standard InChI is InChI=1S/C15H14N8/c1-22-15-12(14(16)17-9-18-15)13(20-22)11-8-23(21-19-11)7-10-5-3-2-4-6-10/h2-6,8-9H,7H2,1H3,(H2,16,17,18). The summed E-state index contributed by atoms with van der Waals surface area (Å²) in [5.41, 5.74) is 9.09. The quantitative estimate of drug-likeness (QED) is 0.611. The zero-order valence-electron chi connectivity index (χ0n) is 12.5. The van der Waals surface area contributed by atoms with Crippen LogP contribution in [0.15, 0.2) is 42.9 Å². The Morgan fingerprint density at radius 3 is 2.78 bits per heavy atom. The third-order valence-corrected chi connectivity index (χ3v) is 3.62. The van der Waals surface area contributed by atoms with Crippen LogP contribution in [-0.2, 0) is 13.6 Å². The lowest BCUT2D eigenvalue weighted by atomic mass is 10.2. The largest absolute Gasteiger partial charge is 0.383 e. The van der Waals surface area contributed by atoms with Crippen LogP contribution < -0.4 is 5.73 Å². The molecule has 0 fully saturated rings. The number of aromatic nitrogens is 7. The Labute approximate surface area is 131 Å². The molecule has 1 aromatic carbocycles. The molecular weight excluding hydrogens is 292 g/mol. The van der Waals surface area contributed by atoms with E-state index < -0.39 is 0 Å². The van der Waals surface area contributed by atoms with Crippen LogP contribution in [0.2, 0.25) is 0 Å². The Balaban J connectivity index is 1.75. The third kappa shape index (κ3) is 2.30. The predicted molar refractivity (Wildman–Crippen MR) is 85.3 cm³/mol. The number of anilines is 1. The summed E-state index contributed by atoms with van der Waals surface area (Å²) in [5, 5.41) is 13.5. The summed E-state index contributed by atoms with van der Waals surface area (Å²) < 4.78 is 3.43. The molecule has 0 spiro atoms. The van der Waals surface area contributed by atoms with Crippen LogP contribution in [0.4, 0.5) is 5.82 Å². The van der Waals surface area contributed by atoms with Crippen molar-refractivity contribution in [2.45, 2.75) is 6.54 Å². The highest BCUT2D eigenvalue weighted by Crippen LogP contribution is 2.27. The molecule has 0 saturated carbocycles. The van der Waals surface area contributed by atoms with Crippen molar-refractivity contribution in [1.82, 2.24) is 34.7 Å². The second kappa shape index (κ2) is 5.16. The number of fused-ring (bicyclic) bond motifs is 1. The van der Waals surface area contributed by atoms with E-state index in [1.165, 1.54) is 6.33 Å². The second-order valence-electron chi connectivity index (χ2n) is 5.22. The van der Waals surface area contributed by atoms with E-state index in [1.54, 1.807) is 9.36 Å². The molecule has 0 bridgehead atoms. The number of nitrogens with zero attached hydrogens (tertiary/aromatic N) is 7. The molecule has 3 aromatic heterocycles. The first-order valence-electron chi connectivity index (χ1n) is 7.10. The van der Waals surface area contributed by atoms with Crippen molar-refractivity contribution in [1.29, 1.82) is 0 Å². The van der Waals surface area contributed by atoms with E-state index in [0.29, 0.717) is 34.8 Å². The van der Waals surface area contributed by atoms with Gasteiger partial charge >= 0.3 is 0 Å². The highest BCUT2D eigenvalue weighted by Gasteiger charge is 2.17. The van der Waals surface area contributed by atoms with E-state index in [9.17, 15) is 0 Å². The minimum absolute atomic E-state index is 0.385. The first-order chi connectivity index (χ1) is 11.2. The summed E-state index contributed by atoms with van der Waals surface area (Å²) in [6.45, 7) is 0.643. The number of benzene rings is 1. The maximum Gasteiger partial charge on any atom is 0.163 e. The van der Waals surface area contributed by atoms with Crippen molar-refractivity contribution >= 4 is 16.9 Å². The average Bonchev–Trinajstić information content (AvgIpc) is 3.14. The van der Waals surface area contributed by atoms with E-state index in [0.717, 1.165) is 5.56 Å². The van der Waals surface area contributed by atoms with Crippen molar-refractivity contribution in [2.75, 3.05) is 5.73 Å². The fraction of sp³-hybridized carbons (Fsp3) is 0.133. The van der Waals surface area contributed by atoms with Crippen molar-refractivity contribution in [3.05, 3.63) is 48.4 Å². The first-order valence-corrected chi connectivity index (χ1v) is 7.10. The molecule has 0 amide bonds. The van der Waals surface area contributed by atoms with E-state index in [2.05, 4.69) is 25.4 Å². The van der Waals surface area contributed by atoms with Crippen LogP contribution in [0, 0.1) is 0 Å². The highest BCUT2D eigenvalue weighted by molar-refractivity contribution is 5.97. The molecule has 0 atom stereocenters. The summed E-state index contributed by atoms with van der Waals surface area (Å²) in [5.74, 6) is 0.385. The molecule has 4 rings (SSSR count). The lowest BCUT2D eigenvalue weighted by Gasteiger charge is -1.99. The van der Waals surface area contributed by atoms with Gasteiger partial charge < -0.3 is 5.73 Å². The summed E-state index contributed by atoms with van der Waals surface area (Å²) in [7, 11) is 1.81. The van der Waals surface area contributed by atoms with E-state index in [1.807, 2.05) is 43.6 Å². The number of hydrogen-bond donors (Lipinski definition) is 1. The summed E-state index contributed by atoms with van der Waals surface area (Å²) in [6.07, 6.45) is 3.27. The van der Waals surface area contributed by atoms with Crippen molar-refractivity contribution in [3.8, 4) is 11.4 Å². The number of hydrogen-bond acceptors (Lipinski definition) is 6. The second-order valence-corrected chi connectivity index (χ2v) is 5.22. The molecule has 8 nitrogen and oxygen atoms in total. The normalized spacial score (nSPS) is 11.2. The molecule has 8 heteroatoms. The Morgan fingerprint density at radius 1 is 1.13 bits per heavy atom. The SMILES string of the molecule is Cn1nc(-c2cn(Cc3ccccc3)nn2)c2c(N)ncnc21. The fourth-order valence-corrected chi connectivity index (χ4v) is 2.54. The van der Waals surface area contributed by atoms with Gasteiger partial charge in [-0.3, -0.25) is 0 Å². The maximum atomic E-state index is 5.98. The monoisotopic (exact) mass is 306 g/mol. The van der Waals surface area contributed by atoms with Gasteiger partial charge in [0.1, 0.15) is 23.5 Å². The molecule has 0 aliphatic rings. The zero-order chi connectivity index (χ0) is 15.8. The van der Waals surface area contributed by atoms with Gasteiger partial charge in [0, 0.05) is 7.05 Å². The summed E-state index contributed by atoms with van der Waals surface area (Å²) >= 11 is 0. The molecule has 0 aliphatic carbocycles. The number of nitrogens with two attached hydrogens (primary N) is 1. The van der Waals surface area contributed by atoms with Crippen LogP contribution in [0.5, 0.6) is 0 Å². The number of aryl methyl sites for hydroxylation is 1. The van der Waals surface area contributed by atoms with Crippen LogP contribution in [0.1, 0.15) is 5.56 Å². The molecule has 0 unspecified atom stereocenters. The van der Waals surface area contributed by atoms with E-state index >= 15 is 0 Å². The minimum atomic E-state index is 0.385. The Kier molecular flexibility index (Phi) is 3.00. The van der Waals surface area contributed by atoms with E-state index in [-0.39, 0.29) is 0 Å². The topological polar surface area (TPSA) is 100 Å². The molecule has 0 saturated heterocycles. The first kappa shape index (κ1) is 13.4. The van der Waals surface area contributed by atoms with Gasteiger partial charge in [0.05, 0.1) is 18.1 Å². The average molecular weight is 306 g/mol. The van der Waals surface area contributed by atoms with Crippen LogP contribution >= 0.6 is 0 Å². The Bertz CT molecular complexity index is 970. The van der Waals surface area contributed by atoms with E-state index in [4.69, 9.17) is 5.73 Å². The van der Waals surface area contributed by atoms with Gasteiger partial charge in [0.2, 0.25) is 0 Å². The predicted octanol–water partition coefficient (Wildman–Crippen LogP) is 1.25. The fourth-order valence-electron chi connectivity index (χ4n) is 2.54. The minimum Gasteiger partial charge on any atom is -0.383 e. The van der Waals surface area contributed by atoms with Gasteiger partial charge in [-0.05, 0) is 5.56 Å². The van der Waals surface area contributed by atoms with Crippen LogP contribution in [-0.4, -0.2) is 34.7 Å². The van der Waals surface area contributed by atoms with Crippen LogP contribution in [0.25, 0.3) is 22.4 Å². The maximum absolute atomic E-state index is 5.98. The molecular formula is C15H14N8. The lowest BCUT2D eigenvalue weighted by molar-refractivity contribution is 0.650. The van der Waals surface area contributed by atoms with Gasteiger partial charge in [0.15, 0.2) is 5.65 Å². The van der Waals surface area contributed by atoms with Crippen molar-refractivity contribution in [2.24, 2.45) is 7.05 Å². The van der Waals surface area contributed by atoms with Gasteiger partial charge in [0.25, 0.3) is 0 Å². The smallest absolute Gasteiger partial charge is 0.163 e. The van der Waals surface area contributed by atoms with Gasteiger partial charge in [-0.2, -0.15) is 5.10 Å². The molecule has 114 valence electrons. The van der Waals surface area contributed by atoms with Gasteiger partial charge in [-0.1, -0.05) is 35.5 Å². The number of nitrogen functional groups attached to an aromatic ring is 1.